The van der Waals surface area contributed by atoms with Crippen LogP contribution in [0.4, 0.5) is 5.95 Å². The predicted octanol–water partition coefficient (Wildman–Crippen LogP) is 0.374. The van der Waals surface area contributed by atoms with Gasteiger partial charge in [-0.15, -0.1) is 0 Å². The van der Waals surface area contributed by atoms with E-state index in [9.17, 15) is 9.59 Å². The number of carbonyl (C=O) groups excluding carboxylic acids is 1. The molecule has 0 spiro atoms. The van der Waals surface area contributed by atoms with Crippen LogP contribution in [0.2, 0.25) is 0 Å². The van der Waals surface area contributed by atoms with Gasteiger partial charge in [0.15, 0.2) is 11.2 Å². The molecule has 0 fully saturated rings. The van der Waals surface area contributed by atoms with Gasteiger partial charge in [0.05, 0.1) is 12.9 Å². The molecule has 22 heavy (non-hydrogen) atoms. The highest BCUT2D eigenvalue weighted by molar-refractivity contribution is 5.80. The molecule has 3 aromatic rings. The third-order valence-corrected chi connectivity index (χ3v) is 3.04. The summed E-state index contributed by atoms with van der Waals surface area (Å²) in [7, 11) is 0. The van der Waals surface area contributed by atoms with Crippen LogP contribution in [0.5, 0.6) is 0 Å². The number of fused-ring (bicyclic) bond motifs is 1. The van der Waals surface area contributed by atoms with Gasteiger partial charge in [0.1, 0.15) is 0 Å². The van der Waals surface area contributed by atoms with Gasteiger partial charge in [-0.25, -0.2) is 4.98 Å². The summed E-state index contributed by atoms with van der Waals surface area (Å²) in [6, 6.07) is 9.59. The maximum absolute atomic E-state index is 11.8. The van der Waals surface area contributed by atoms with Gasteiger partial charge >= 0.3 is 0 Å². The van der Waals surface area contributed by atoms with Gasteiger partial charge in [-0.2, -0.15) is 4.98 Å². The molecule has 8 nitrogen and oxygen atoms in total. The van der Waals surface area contributed by atoms with E-state index in [1.54, 1.807) is 0 Å². The van der Waals surface area contributed by atoms with Crippen molar-refractivity contribution in [3.63, 3.8) is 0 Å². The summed E-state index contributed by atoms with van der Waals surface area (Å²) in [5.74, 6) is 0.00749. The lowest BCUT2D eigenvalue weighted by Gasteiger charge is -2.07. The molecule has 0 radical (unpaired) electrons. The third kappa shape index (κ3) is 3.11. The van der Waals surface area contributed by atoms with Crippen LogP contribution in [0.1, 0.15) is 5.56 Å². The smallest absolute Gasteiger partial charge is 0.278 e. The van der Waals surface area contributed by atoms with E-state index in [1.807, 2.05) is 30.3 Å². The number of amides is 1. The first-order valence-corrected chi connectivity index (χ1v) is 6.70. The van der Waals surface area contributed by atoms with Crippen molar-refractivity contribution in [2.24, 2.45) is 0 Å². The number of aromatic nitrogens is 4. The molecular formula is C14H14N6O2. The molecule has 2 aromatic heterocycles. The summed E-state index contributed by atoms with van der Waals surface area (Å²) in [5, 5.41) is 5.54. The minimum atomic E-state index is -0.338. The highest BCUT2D eigenvalue weighted by Crippen LogP contribution is 2.02. The van der Waals surface area contributed by atoms with E-state index in [4.69, 9.17) is 0 Å². The van der Waals surface area contributed by atoms with Crippen molar-refractivity contribution in [1.82, 2.24) is 25.3 Å². The van der Waals surface area contributed by atoms with Gasteiger partial charge in [-0.3, -0.25) is 14.6 Å². The minimum absolute atomic E-state index is 0.00566. The molecule has 8 heteroatoms. The van der Waals surface area contributed by atoms with Crippen molar-refractivity contribution in [3.05, 3.63) is 52.6 Å². The van der Waals surface area contributed by atoms with Crippen LogP contribution < -0.4 is 16.2 Å². The second kappa shape index (κ2) is 6.08. The van der Waals surface area contributed by atoms with Gasteiger partial charge < -0.3 is 15.6 Å². The number of rotatable bonds is 5. The Hall–Kier alpha value is -3.16. The summed E-state index contributed by atoms with van der Waals surface area (Å²) >= 11 is 0. The van der Waals surface area contributed by atoms with Crippen LogP contribution in [-0.2, 0) is 11.3 Å². The fourth-order valence-corrected chi connectivity index (χ4v) is 1.95. The number of nitrogens with one attached hydrogen (secondary N) is 4. The molecular weight excluding hydrogens is 284 g/mol. The van der Waals surface area contributed by atoms with Crippen LogP contribution >= 0.6 is 0 Å². The monoisotopic (exact) mass is 298 g/mol. The Bertz CT molecular complexity index is 839. The number of benzene rings is 1. The molecule has 1 aromatic carbocycles. The number of anilines is 1. The van der Waals surface area contributed by atoms with Crippen molar-refractivity contribution in [3.8, 4) is 0 Å². The van der Waals surface area contributed by atoms with Crippen LogP contribution in [0, 0.1) is 0 Å². The summed E-state index contributed by atoms with van der Waals surface area (Å²) in [4.78, 5) is 36.7. The summed E-state index contributed by atoms with van der Waals surface area (Å²) in [5.41, 5.74) is 1.28. The topological polar surface area (TPSA) is 116 Å². The van der Waals surface area contributed by atoms with E-state index in [0.29, 0.717) is 17.7 Å². The van der Waals surface area contributed by atoms with Crippen molar-refractivity contribution in [2.75, 3.05) is 11.9 Å². The Morgan fingerprint density at radius 2 is 2.05 bits per heavy atom. The molecule has 112 valence electrons. The molecule has 0 saturated carbocycles. The Labute approximate surface area is 125 Å². The molecule has 4 N–H and O–H groups in total. The zero-order valence-electron chi connectivity index (χ0n) is 11.6. The zero-order valence-corrected chi connectivity index (χ0v) is 11.6. The van der Waals surface area contributed by atoms with Crippen molar-refractivity contribution in [2.45, 2.75) is 6.54 Å². The second-order valence-corrected chi connectivity index (χ2v) is 4.63. The van der Waals surface area contributed by atoms with Crippen LogP contribution in [0.3, 0.4) is 0 Å². The molecule has 1 amide bonds. The van der Waals surface area contributed by atoms with Crippen LogP contribution in [0.15, 0.2) is 41.5 Å². The number of imidazole rings is 1. The lowest BCUT2D eigenvalue weighted by molar-refractivity contribution is -0.119. The zero-order chi connectivity index (χ0) is 15.4. The van der Waals surface area contributed by atoms with E-state index in [2.05, 4.69) is 30.6 Å². The average molecular weight is 298 g/mol. The molecule has 0 saturated heterocycles. The molecule has 3 rings (SSSR count). The Morgan fingerprint density at radius 3 is 2.86 bits per heavy atom. The number of aromatic amines is 2. The molecule has 0 atom stereocenters. The maximum Gasteiger partial charge on any atom is 0.278 e. The Balaban J connectivity index is 1.57. The molecule has 0 aliphatic heterocycles. The maximum atomic E-state index is 11.8. The number of hydrogen-bond donors (Lipinski definition) is 4. The summed E-state index contributed by atoms with van der Waals surface area (Å²) < 4.78 is 0. The molecule has 0 bridgehead atoms. The summed E-state index contributed by atoms with van der Waals surface area (Å²) in [6.07, 6.45) is 1.39. The quantitative estimate of drug-likeness (QED) is 0.543. The van der Waals surface area contributed by atoms with E-state index >= 15 is 0 Å². The lowest BCUT2D eigenvalue weighted by atomic mass is 10.2. The van der Waals surface area contributed by atoms with E-state index in [-0.39, 0.29) is 24.0 Å². The third-order valence-electron chi connectivity index (χ3n) is 3.04. The van der Waals surface area contributed by atoms with Gasteiger partial charge in [0.2, 0.25) is 11.9 Å². The van der Waals surface area contributed by atoms with Gasteiger partial charge in [-0.05, 0) is 5.56 Å². The number of nitrogens with zero attached hydrogens (tertiary/aromatic N) is 2. The van der Waals surface area contributed by atoms with E-state index in [1.165, 1.54) is 6.33 Å². The predicted molar refractivity (Wildman–Crippen MR) is 81.3 cm³/mol. The number of carbonyl (C=O) groups is 1. The first-order valence-electron chi connectivity index (χ1n) is 6.70. The Kier molecular flexibility index (Phi) is 3.82. The molecule has 2 heterocycles. The fraction of sp³-hybridized carbons (Fsp3) is 0.143. The van der Waals surface area contributed by atoms with E-state index < -0.39 is 0 Å². The van der Waals surface area contributed by atoms with E-state index in [0.717, 1.165) is 5.56 Å². The molecule has 0 unspecified atom stereocenters. The van der Waals surface area contributed by atoms with Crippen LogP contribution in [0.25, 0.3) is 11.2 Å². The van der Waals surface area contributed by atoms with Crippen molar-refractivity contribution >= 4 is 23.0 Å². The molecule has 0 aliphatic carbocycles. The highest BCUT2D eigenvalue weighted by atomic mass is 16.2. The number of hydrogen-bond acceptors (Lipinski definition) is 5. The van der Waals surface area contributed by atoms with Crippen molar-refractivity contribution < 1.29 is 4.79 Å². The second-order valence-electron chi connectivity index (χ2n) is 4.63. The largest absolute Gasteiger partial charge is 0.350 e. The number of H-pyrrole nitrogens is 2. The fourth-order valence-electron chi connectivity index (χ4n) is 1.95. The normalized spacial score (nSPS) is 10.5. The standard InChI is InChI=1S/C14H14N6O2/c21-10(15-6-9-4-2-1-3-5-9)7-16-14-19-12-11(13(22)20-14)17-8-18-12/h1-5,8H,6-7H2,(H,15,21)(H3,16,17,18,19,20,22). The first-order chi connectivity index (χ1) is 10.7. The highest BCUT2D eigenvalue weighted by Gasteiger charge is 2.07. The van der Waals surface area contributed by atoms with Crippen LogP contribution in [-0.4, -0.2) is 32.4 Å². The summed E-state index contributed by atoms with van der Waals surface area (Å²) in [6.45, 7) is 0.454. The first kappa shape index (κ1) is 13.8. The van der Waals surface area contributed by atoms with Gasteiger partial charge in [-0.1, -0.05) is 30.3 Å². The SMILES string of the molecule is O=C(CNc1nc2nc[nH]c2c(=O)[nH]1)NCc1ccccc1. The Morgan fingerprint density at radius 1 is 1.23 bits per heavy atom. The molecule has 0 aliphatic rings. The van der Waals surface area contributed by atoms with Gasteiger partial charge in [0, 0.05) is 6.54 Å². The average Bonchev–Trinajstić information content (AvgIpc) is 3.01. The van der Waals surface area contributed by atoms with Crippen molar-refractivity contribution in [1.29, 1.82) is 0 Å². The minimum Gasteiger partial charge on any atom is -0.350 e. The lowest BCUT2D eigenvalue weighted by Crippen LogP contribution is -2.30. The van der Waals surface area contributed by atoms with Gasteiger partial charge in [0.25, 0.3) is 5.56 Å².